The summed E-state index contributed by atoms with van der Waals surface area (Å²) < 4.78 is 27.8. The monoisotopic (exact) mass is 281 g/mol. The molecule has 19 heavy (non-hydrogen) atoms. The van der Waals surface area contributed by atoms with Crippen LogP contribution in [0.3, 0.4) is 0 Å². The van der Waals surface area contributed by atoms with Crippen molar-refractivity contribution in [3.63, 3.8) is 0 Å². The molecule has 1 unspecified atom stereocenters. The predicted molar refractivity (Wildman–Crippen MR) is 73.3 cm³/mol. The Bertz CT molecular complexity index is 552. The first kappa shape index (κ1) is 14.0. The summed E-state index contributed by atoms with van der Waals surface area (Å²) in [4.78, 5) is 0. The second-order valence-corrected chi connectivity index (χ2v) is 4.55. The molecule has 0 saturated carbocycles. The summed E-state index contributed by atoms with van der Waals surface area (Å²) in [5, 5.41) is 3.56. The van der Waals surface area contributed by atoms with E-state index in [2.05, 4.69) is 5.32 Å². The second kappa shape index (κ2) is 6.13. The van der Waals surface area contributed by atoms with E-state index in [1.54, 1.807) is 24.3 Å². The molecule has 0 heterocycles. The van der Waals surface area contributed by atoms with Crippen molar-refractivity contribution in [3.05, 3.63) is 70.2 Å². The van der Waals surface area contributed by atoms with Crippen LogP contribution in [-0.2, 0) is 0 Å². The van der Waals surface area contributed by atoms with Crippen LogP contribution >= 0.6 is 11.6 Å². The lowest BCUT2D eigenvalue weighted by molar-refractivity contribution is 0.510. The highest BCUT2D eigenvalue weighted by Gasteiger charge is 2.22. The smallest absolute Gasteiger partial charge is 0.131 e. The van der Waals surface area contributed by atoms with Crippen molar-refractivity contribution in [2.45, 2.75) is 13.0 Å². The van der Waals surface area contributed by atoms with Gasteiger partial charge in [0.25, 0.3) is 0 Å². The molecule has 0 radical (unpaired) electrons. The molecule has 0 aromatic heterocycles. The summed E-state index contributed by atoms with van der Waals surface area (Å²) >= 11 is 6.12. The van der Waals surface area contributed by atoms with Crippen molar-refractivity contribution in [2.24, 2.45) is 0 Å². The number of hydrogen-bond donors (Lipinski definition) is 1. The van der Waals surface area contributed by atoms with Gasteiger partial charge in [0.2, 0.25) is 0 Å². The molecule has 1 atom stereocenters. The molecule has 0 bridgehead atoms. The fourth-order valence-electron chi connectivity index (χ4n) is 2.07. The van der Waals surface area contributed by atoms with Gasteiger partial charge in [0.1, 0.15) is 11.6 Å². The molecular weight excluding hydrogens is 268 g/mol. The second-order valence-electron chi connectivity index (χ2n) is 4.15. The van der Waals surface area contributed by atoms with E-state index in [1.807, 2.05) is 6.92 Å². The Morgan fingerprint density at radius 3 is 2.26 bits per heavy atom. The van der Waals surface area contributed by atoms with Gasteiger partial charge in [-0.05, 0) is 30.3 Å². The number of nitrogens with one attached hydrogen (secondary N) is 1. The van der Waals surface area contributed by atoms with Crippen molar-refractivity contribution < 1.29 is 8.78 Å². The Kier molecular flexibility index (Phi) is 4.51. The molecule has 0 saturated heterocycles. The average molecular weight is 282 g/mol. The lowest BCUT2D eigenvalue weighted by Gasteiger charge is -2.21. The van der Waals surface area contributed by atoms with Gasteiger partial charge in [-0.1, -0.05) is 42.8 Å². The molecule has 0 aliphatic heterocycles. The lowest BCUT2D eigenvalue weighted by atomic mass is 9.97. The van der Waals surface area contributed by atoms with Gasteiger partial charge in [0.05, 0.1) is 6.04 Å². The molecule has 2 rings (SSSR count). The number of hydrogen-bond acceptors (Lipinski definition) is 1. The zero-order valence-electron chi connectivity index (χ0n) is 10.5. The number of benzene rings is 2. The van der Waals surface area contributed by atoms with Crippen molar-refractivity contribution in [2.75, 3.05) is 6.54 Å². The van der Waals surface area contributed by atoms with Crippen LogP contribution in [0.2, 0.25) is 5.02 Å². The Morgan fingerprint density at radius 2 is 1.68 bits per heavy atom. The highest BCUT2D eigenvalue weighted by molar-refractivity contribution is 6.31. The molecular formula is C15H14ClF2N. The molecule has 0 spiro atoms. The summed E-state index contributed by atoms with van der Waals surface area (Å²) in [6.45, 7) is 2.45. The normalized spacial score (nSPS) is 12.4. The minimum absolute atomic E-state index is 0.00236. The van der Waals surface area contributed by atoms with Gasteiger partial charge in [-0.2, -0.15) is 0 Å². The zero-order valence-corrected chi connectivity index (χ0v) is 11.2. The van der Waals surface area contributed by atoms with E-state index in [-0.39, 0.29) is 5.56 Å². The molecule has 1 nitrogen and oxygen atoms in total. The van der Waals surface area contributed by atoms with Crippen molar-refractivity contribution in [3.8, 4) is 0 Å². The SMILES string of the molecule is CCNC(c1ccccc1Cl)c1c(F)cccc1F. The predicted octanol–water partition coefficient (Wildman–Crippen LogP) is 4.32. The maximum Gasteiger partial charge on any atom is 0.131 e. The van der Waals surface area contributed by atoms with E-state index in [1.165, 1.54) is 18.2 Å². The van der Waals surface area contributed by atoms with E-state index >= 15 is 0 Å². The van der Waals surface area contributed by atoms with E-state index in [9.17, 15) is 8.78 Å². The highest BCUT2D eigenvalue weighted by atomic mass is 35.5. The van der Waals surface area contributed by atoms with Crippen LogP contribution in [0.15, 0.2) is 42.5 Å². The third kappa shape index (κ3) is 2.94. The third-order valence-corrected chi connectivity index (χ3v) is 3.26. The fourth-order valence-corrected chi connectivity index (χ4v) is 2.31. The summed E-state index contributed by atoms with van der Waals surface area (Å²) in [5.41, 5.74) is 0.660. The summed E-state index contributed by atoms with van der Waals surface area (Å²) in [6, 6.07) is 10.3. The van der Waals surface area contributed by atoms with Crippen molar-refractivity contribution in [1.29, 1.82) is 0 Å². The molecule has 0 fully saturated rings. The molecule has 1 N–H and O–H groups in total. The Hall–Kier alpha value is -1.45. The Balaban J connectivity index is 2.55. The third-order valence-electron chi connectivity index (χ3n) is 2.91. The standard InChI is InChI=1S/C15H14ClF2N/c1-2-19-15(10-6-3-4-7-11(10)16)14-12(17)8-5-9-13(14)18/h3-9,15,19H,2H2,1H3. The lowest BCUT2D eigenvalue weighted by Crippen LogP contribution is -2.24. The van der Waals surface area contributed by atoms with E-state index in [4.69, 9.17) is 11.6 Å². The first-order valence-electron chi connectivity index (χ1n) is 6.06. The summed E-state index contributed by atoms with van der Waals surface area (Å²) in [6.07, 6.45) is 0. The van der Waals surface area contributed by atoms with Gasteiger partial charge in [0, 0.05) is 10.6 Å². The molecule has 2 aromatic carbocycles. The minimum atomic E-state index is -0.597. The van der Waals surface area contributed by atoms with E-state index in [0.717, 1.165) is 0 Å². The number of rotatable bonds is 4. The fraction of sp³-hybridized carbons (Fsp3) is 0.200. The maximum atomic E-state index is 13.9. The maximum absolute atomic E-state index is 13.9. The number of halogens is 3. The van der Waals surface area contributed by atoms with Gasteiger partial charge >= 0.3 is 0 Å². The quantitative estimate of drug-likeness (QED) is 0.880. The highest BCUT2D eigenvalue weighted by Crippen LogP contribution is 2.31. The average Bonchev–Trinajstić information content (AvgIpc) is 2.38. The van der Waals surface area contributed by atoms with Crippen LogP contribution in [0, 0.1) is 11.6 Å². The Labute approximate surface area is 116 Å². The van der Waals surface area contributed by atoms with Crippen LogP contribution < -0.4 is 5.32 Å². The molecule has 2 aromatic rings. The molecule has 4 heteroatoms. The molecule has 0 aliphatic rings. The van der Waals surface area contributed by atoms with Gasteiger partial charge in [-0.15, -0.1) is 0 Å². The van der Waals surface area contributed by atoms with Crippen LogP contribution in [-0.4, -0.2) is 6.54 Å². The van der Waals surface area contributed by atoms with Crippen molar-refractivity contribution in [1.82, 2.24) is 5.32 Å². The first-order chi connectivity index (χ1) is 9.15. The zero-order chi connectivity index (χ0) is 13.8. The van der Waals surface area contributed by atoms with Gasteiger partial charge in [-0.25, -0.2) is 8.78 Å². The molecule has 0 aliphatic carbocycles. The van der Waals surface area contributed by atoms with Crippen LogP contribution in [0.1, 0.15) is 24.1 Å². The van der Waals surface area contributed by atoms with Crippen LogP contribution in [0.25, 0.3) is 0 Å². The van der Waals surface area contributed by atoms with Crippen molar-refractivity contribution >= 4 is 11.6 Å². The topological polar surface area (TPSA) is 12.0 Å². The van der Waals surface area contributed by atoms with Gasteiger partial charge < -0.3 is 5.32 Å². The van der Waals surface area contributed by atoms with E-state index < -0.39 is 17.7 Å². The first-order valence-corrected chi connectivity index (χ1v) is 6.44. The molecule has 100 valence electrons. The summed E-state index contributed by atoms with van der Waals surface area (Å²) in [5.74, 6) is -1.16. The molecule has 0 amide bonds. The van der Waals surface area contributed by atoms with Gasteiger partial charge in [-0.3, -0.25) is 0 Å². The minimum Gasteiger partial charge on any atom is -0.306 e. The van der Waals surface area contributed by atoms with Crippen LogP contribution in [0.5, 0.6) is 0 Å². The Morgan fingerprint density at radius 1 is 1.05 bits per heavy atom. The van der Waals surface area contributed by atoms with Gasteiger partial charge in [0.15, 0.2) is 0 Å². The summed E-state index contributed by atoms with van der Waals surface area (Å²) in [7, 11) is 0. The van der Waals surface area contributed by atoms with E-state index in [0.29, 0.717) is 17.1 Å². The van der Waals surface area contributed by atoms with Crippen LogP contribution in [0.4, 0.5) is 8.78 Å². The largest absolute Gasteiger partial charge is 0.306 e.